The van der Waals surface area contributed by atoms with Crippen LogP contribution in [0.1, 0.15) is 24.4 Å². The number of rotatable bonds is 5. The lowest BCUT2D eigenvalue weighted by Crippen LogP contribution is -2.32. The number of hydrogen-bond donors (Lipinski definition) is 1. The Labute approximate surface area is 144 Å². The number of amides is 1. The van der Waals surface area contributed by atoms with Gasteiger partial charge in [-0.2, -0.15) is 0 Å². The molecule has 0 aliphatic carbocycles. The minimum absolute atomic E-state index is 0.121. The van der Waals surface area contributed by atoms with Crippen LogP contribution in [0.4, 0.5) is 8.78 Å². The molecule has 1 N–H and O–H groups in total. The van der Waals surface area contributed by atoms with E-state index in [1.165, 1.54) is 36.4 Å². The first-order chi connectivity index (χ1) is 12.0. The molecule has 1 aliphatic rings. The molecule has 4 nitrogen and oxygen atoms in total. The SMILES string of the molecule is O=C(CCOc1ccc(F)cc1)N1CC(O)CC1c1cccc(F)c1. The third-order valence-corrected chi connectivity index (χ3v) is 4.23. The van der Waals surface area contributed by atoms with Crippen molar-refractivity contribution >= 4 is 5.91 Å². The van der Waals surface area contributed by atoms with Gasteiger partial charge in [0.05, 0.1) is 25.2 Å². The number of aliphatic hydroxyl groups excluding tert-OH is 1. The first-order valence-corrected chi connectivity index (χ1v) is 8.14. The maximum Gasteiger partial charge on any atom is 0.226 e. The number of carbonyl (C=O) groups excluding carboxylic acids is 1. The molecule has 2 aromatic rings. The summed E-state index contributed by atoms with van der Waals surface area (Å²) in [7, 11) is 0. The molecule has 25 heavy (non-hydrogen) atoms. The molecule has 1 amide bonds. The summed E-state index contributed by atoms with van der Waals surface area (Å²) in [5, 5.41) is 9.92. The molecule has 3 rings (SSSR count). The molecule has 2 unspecified atom stereocenters. The van der Waals surface area contributed by atoms with Crippen molar-refractivity contribution in [3.63, 3.8) is 0 Å². The van der Waals surface area contributed by atoms with E-state index in [1.807, 2.05) is 0 Å². The van der Waals surface area contributed by atoms with E-state index < -0.39 is 6.10 Å². The molecule has 1 fully saturated rings. The van der Waals surface area contributed by atoms with E-state index in [0.29, 0.717) is 17.7 Å². The van der Waals surface area contributed by atoms with Crippen LogP contribution >= 0.6 is 0 Å². The highest BCUT2D eigenvalue weighted by atomic mass is 19.1. The van der Waals surface area contributed by atoms with Gasteiger partial charge in [0.25, 0.3) is 0 Å². The molecule has 0 aromatic heterocycles. The Bertz CT molecular complexity index is 736. The Kier molecular flexibility index (Phi) is 5.28. The second-order valence-electron chi connectivity index (χ2n) is 6.06. The zero-order valence-electron chi connectivity index (χ0n) is 13.6. The second-order valence-corrected chi connectivity index (χ2v) is 6.06. The number of ether oxygens (including phenoxy) is 1. The van der Waals surface area contributed by atoms with E-state index in [-0.39, 0.29) is 43.2 Å². The van der Waals surface area contributed by atoms with Crippen molar-refractivity contribution in [3.05, 3.63) is 65.7 Å². The minimum atomic E-state index is -0.629. The Morgan fingerprint density at radius 3 is 2.64 bits per heavy atom. The molecule has 0 radical (unpaired) electrons. The number of likely N-dealkylation sites (tertiary alicyclic amines) is 1. The van der Waals surface area contributed by atoms with Crippen LogP contribution < -0.4 is 4.74 Å². The van der Waals surface area contributed by atoms with Crippen molar-refractivity contribution in [1.82, 2.24) is 4.90 Å². The lowest BCUT2D eigenvalue weighted by molar-refractivity contribution is -0.133. The van der Waals surface area contributed by atoms with Crippen LogP contribution in [0.2, 0.25) is 0 Å². The van der Waals surface area contributed by atoms with Crippen LogP contribution in [0.5, 0.6) is 5.75 Å². The van der Waals surface area contributed by atoms with Crippen LogP contribution in [0, 0.1) is 11.6 Å². The fraction of sp³-hybridized carbons (Fsp3) is 0.316. The highest BCUT2D eigenvalue weighted by Gasteiger charge is 2.35. The number of aliphatic hydroxyl groups is 1. The molecule has 0 spiro atoms. The standard InChI is InChI=1S/C19H19F2NO3/c20-14-4-6-17(7-5-14)25-9-8-19(24)22-12-16(23)11-18(22)13-2-1-3-15(21)10-13/h1-7,10,16,18,23H,8-9,11-12H2. The molecule has 0 bridgehead atoms. The van der Waals surface area contributed by atoms with Crippen molar-refractivity contribution < 1.29 is 23.4 Å². The van der Waals surface area contributed by atoms with Gasteiger partial charge in [0.1, 0.15) is 17.4 Å². The molecule has 1 aliphatic heterocycles. The lowest BCUT2D eigenvalue weighted by Gasteiger charge is -2.25. The molecule has 2 atom stereocenters. The summed E-state index contributed by atoms with van der Waals surface area (Å²) in [6.07, 6.45) is -0.126. The van der Waals surface area contributed by atoms with Gasteiger partial charge < -0.3 is 14.7 Å². The topological polar surface area (TPSA) is 49.8 Å². The van der Waals surface area contributed by atoms with E-state index in [9.17, 15) is 18.7 Å². The number of β-amino-alcohol motifs (C(OH)–C–C–N with tert-alkyl or cyclic N) is 1. The average molecular weight is 347 g/mol. The third-order valence-electron chi connectivity index (χ3n) is 4.23. The van der Waals surface area contributed by atoms with Gasteiger partial charge in [-0.15, -0.1) is 0 Å². The van der Waals surface area contributed by atoms with E-state index in [1.54, 1.807) is 17.0 Å². The van der Waals surface area contributed by atoms with Crippen molar-refractivity contribution in [2.24, 2.45) is 0 Å². The number of nitrogens with zero attached hydrogens (tertiary/aromatic N) is 1. The summed E-state index contributed by atoms with van der Waals surface area (Å²) in [5.74, 6) is -0.413. The molecule has 1 saturated heterocycles. The Morgan fingerprint density at radius 1 is 1.16 bits per heavy atom. The van der Waals surface area contributed by atoms with Crippen molar-refractivity contribution in [1.29, 1.82) is 0 Å². The summed E-state index contributed by atoms with van der Waals surface area (Å²) in [6, 6.07) is 11.3. The quantitative estimate of drug-likeness (QED) is 0.904. The van der Waals surface area contributed by atoms with Crippen molar-refractivity contribution in [2.75, 3.05) is 13.2 Å². The smallest absolute Gasteiger partial charge is 0.226 e. The molecule has 1 heterocycles. The first kappa shape index (κ1) is 17.4. The van der Waals surface area contributed by atoms with Gasteiger partial charge >= 0.3 is 0 Å². The average Bonchev–Trinajstić information content (AvgIpc) is 2.99. The predicted octanol–water partition coefficient (Wildman–Crippen LogP) is 3.07. The highest BCUT2D eigenvalue weighted by molar-refractivity contribution is 5.77. The first-order valence-electron chi connectivity index (χ1n) is 8.14. The maximum atomic E-state index is 13.5. The van der Waals surface area contributed by atoms with E-state index >= 15 is 0 Å². The highest BCUT2D eigenvalue weighted by Crippen LogP contribution is 2.33. The van der Waals surface area contributed by atoms with Gasteiger partial charge in [-0.3, -0.25) is 4.79 Å². The fourth-order valence-electron chi connectivity index (χ4n) is 3.05. The van der Waals surface area contributed by atoms with Crippen molar-refractivity contribution in [3.8, 4) is 5.75 Å². The molecule has 6 heteroatoms. The minimum Gasteiger partial charge on any atom is -0.493 e. The molecule has 2 aromatic carbocycles. The predicted molar refractivity (Wildman–Crippen MR) is 88.0 cm³/mol. The molecular weight excluding hydrogens is 328 g/mol. The molecule has 0 saturated carbocycles. The maximum absolute atomic E-state index is 13.5. The Balaban J connectivity index is 1.60. The fourth-order valence-corrected chi connectivity index (χ4v) is 3.05. The summed E-state index contributed by atoms with van der Waals surface area (Å²) < 4.78 is 31.7. The number of benzene rings is 2. The zero-order valence-corrected chi connectivity index (χ0v) is 13.6. The van der Waals surface area contributed by atoms with E-state index in [0.717, 1.165) is 0 Å². The largest absolute Gasteiger partial charge is 0.493 e. The van der Waals surface area contributed by atoms with Gasteiger partial charge in [-0.05, 0) is 48.4 Å². The normalized spacial score (nSPS) is 19.9. The zero-order chi connectivity index (χ0) is 17.8. The van der Waals surface area contributed by atoms with Crippen LogP contribution in [0.25, 0.3) is 0 Å². The van der Waals surface area contributed by atoms with Crippen LogP contribution in [0.15, 0.2) is 48.5 Å². The van der Waals surface area contributed by atoms with Crippen LogP contribution in [-0.2, 0) is 4.79 Å². The van der Waals surface area contributed by atoms with E-state index in [2.05, 4.69) is 0 Å². The van der Waals surface area contributed by atoms with Crippen LogP contribution in [-0.4, -0.2) is 35.2 Å². The second kappa shape index (κ2) is 7.61. The summed E-state index contributed by atoms with van der Waals surface area (Å²) in [4.78, 5) is 14.0. The summed E-state index contributed by atoms with van der Waals surface area (Å²) in [5.41, 5.74) is 0.671. The monoisotopic (exact) mass is 347 g/mol. The van der Waals surface area contributed by atoms with Gasteiger partial charge in [-0.1, -0.05) is 12.1 Å². The number of carbonyl (C=O) groups is 1. The van der Waals surface area contributed by atoms with Gasteiger partial charge in [-0.25, -0.2) is 8.78 Å². The number of halogens is 2. The van der Waals surface area contributed by atoms with E-state index in [4.69, 9.17) is 4.74 Å². The lowest BCUT2D eigenvalue weighted by atomic mass is 10.0. The number of hydrogen-bond acceptors (Lipinski definition) is 3. The molecule has 132 valence electrons. The molecular formula is C19H19F2NO3. The van der Waals surface area contributed by atoms with Gasteiger partial charge in [0.2, 0.25) is 5.91 Å². The Hall–Kier alpha value is -2.47. The Morgan fingerprint density at radius 2 is 1.92 bits per heavy atom. The van der Waals surface area contributed by atoms with Gasteiger partial charge in [0, 0.05) is 6.54 Å². The summed E-state index contributed by atoms with van der Waals surface area (Å²) >= 11 is 0. The van der Waals surface area contributed by atoms with Crippen LogP contribution in [0.3, 0.4) is 0 Å². The third kappa shape index (κ3) is 4.33. The van der Waals surface area contributed by atoms with Crippen molar-refractivity contribution in [2.45, 2.75) is 25.0 Å². The summed E-state index contributed by atoms with van der Waals surface area (Å²) in [6.45, 7) is 0.365. The van der Waals surface area contributed by atoms with Gasteiger partial charge in [0.15, 0.2) is 0 Å².